The average Bonchev–Trinajstić information content (AvgIpc) is 2.76. The molecule has 3 rings (SSSR count). The molecular weight excluding hydrogens is 414 g/mol. The van der Waals surface area contributed by atoms with E-state index < -0.39 is 0 Å². The number of anilines is 1. The highest BCUT2D eigenvalue weighted by Crippen LogP contribution is 2.36. The first kappa shape index (κ1) is 22.6. The van der Waals surface area contributed by atoms with Gasteiger partial charge in [0, 0.05) is 31.2 Å². The molecule has 0 unspecified atom stereocenters. The molecule has 0 aliphatic rings. The van der Waals surface area contributed by atoms with E-state index >= 15 is 0 Å². The first-order valence-electron chi connectivity index (χ1n) is 10.1. The molecule has 0 bridgehead atoms. The number of rotatable bonds is 10. The van der Waals surface area contributed by atoms with E-state index in [-0.39, 0.29) is 12.5 Å². The highest BCUT2D eigenvalue weighted by Gasteiger charge is 2.14. The number of nitrogens with zero attached hydrogens (tertiary/aromatic N) is 1. The van der Waals surface area contributed by atoms with Crippen LogP contribution in [0.3, 0.4) is 0 Å². The fourth-order valence-corrected chi connectivity index (χ4v) is 3.24. The molecular formula is C24H26ClN3O3. The number of carbonyl (C=O) groups excluding carboxylic acids is 1. The quantitative estimate of drug-likeness (QED) is 0.477. The Morgan fingerprint density at radius 1 is 1.06 bits per heavy atom. The standard InChI is InChI=1S/C24H26ClN3O3/c1-3-30-22-12-19(15-27-14-18-5-4-10-26-13-18)11-21(25)24(22)31-16-23(29)28-20-8-6-17(2)7-9-20/h4-13,27H,3,14-16H2,1-2H3,(H,28,29). The summed E-state index contributed by atoms with van der Waals surface area (Å²) < 4.78 is 11.4. The van der Waals surface area contributed by atoms with Crippen LogP contribution in [0.5, 0.6) is 11.5 Å². The Morgan fingerprint density at radius 2 is 1.84 bits per heavy atom. The van der Waals surface area contributed by atoms with Gasteiger partial charge in [-0.3, -0.25) is 9.78 Å². The van der Waals surface area contributed by atoms with Crippen LogP contribution in [0.25, 0.3) is 0 Å². The molecule has 0 aliphatic heterocycles. The van der Waals surface area contributed by atoms with Gasteiger partial charge in [0.25, 0.3) is 5.91 Å². The number of amides is 1. The lowest BCUT2D eigenvalue weighted by Gasteiger charge is -2.15. The van der Waals surface area contributed by atoms with E-state index in [1.54, 1.807) is 6.20 Å². The second-order valence-corrected chi connectivity index (χ2v) is 7.41. The minimum absolute atomic E-state index is 0.174. The predicted molar refractivity (Wildman–Crippen MR) is 123 cm³/mol. The van der Waals surface area contributed by atoms with Crippen molar-refractivity contribution in [3.8, 4) is 11.5 Å². The van der Waals surface area contributed by atoms with Gasteiger partial charge in [0.2, 0.25) is 0 Å². The molecule has 0 saturated heterocycles. The van der Waals surface area contributed by atoms with Crippen LogP contribution >= 0.6 is 11.6 Å². The lowest BCUT2D eigenvalue weighted by Crippen LogP contribution is -2.20. The van der Waals surface area contributed by atoms with E-state index in [1.807, 2.05) is 68.6 Å². The van der Waals surface area contributed by atoms with Gasteiger partial charge in [0.15, 0.2) is 18.1 Å². The maximum atomic E-state index is 12.3. The summed E-state index contributed by atoms with van der Waals surface area (Å²) in [5.74, 6) is 0.597. The molecule has 3 aromatic rings. The smallest absolute Gasteiger partial charge is 0.262 e. The monoisotopic (exact) mass is 439 g/mol. The number of aromatic nitrogens is 1. The van der Waals surface area contributed by atoms with E-state index in [1.165, 1.54) is 0 Å². The van der Waals surface area contributed by atoms with E-state index in [0.717, 1.165) is 16.7 Å². The van der Waals surface area contributed by atoms with Crippen LogP contribution in [0.2, 0.25) is 5.02 Å². The van der Waals surface area contributed by atoms with Gasteiger partial charge < -0.3 is 20.1 Å². The number of pyridine rings is 1. The van der Waals surface area contributed by atoms with Crippen molar-refractivity contribution in [3.05, 3.63) is 82.6 Å². The minimum Gasteiger partial charge on any atom is -0.490 e. The molecule has 0 atom stereocenters. The van der Waals surface area contributed by atoms with Crippen LogP contribution in [-0.2, 0) is 17.9 Å². The summed E-state index contributed by atoms with van der Waals surface area (Å²) in [4.78, 5) is 16.4. The van der Waals surface area contributed by atoms with Gasteiger partial charge in [-0.05, 0) is 55.3 Å². The van der Waals surface area contributed by atoms with Crippen LogP contribution in [0.4, 0.5) is 5.69 Å². The molecule has 2 N–H and O–H groups in total. The van der Waals surface area contributed by atoms with Crippen molar-refractivity contribution in [1.29, 1.82) is 0 Å². The topological polar surface area (TPSA) is 72.5 Å². The minimum atomic E-state index is -0.274. The average molecular weight is 440 g/mol. The third kappa shape index (κ3) is 6.98. The second-order valence-electron chi connectivity index (χ2n) is 7.01. The maximum Gasteiger partial charge on any atom is 0.262 e. The molecule has 0 fully saturated rings. The number of halogens is 1. The van der Waals surface area contributed by atoms with Gasteiger partial charge in [-0.1, -0.05) is 35.4 Å². The first-order valence-corrected chi connectivity index (χ1v) is 10.5. The Bertz CT molecular complexity index is 995. The fraction of sp³-hybridized carbons (Fsp3) is 0.250. The van der Waals surface area contributed by atoms with Crippen molar-refractivity contribution in [2.24, 2.45) is 0 Å². The van der Waals surface area contributed by atoms with Crippen molar-refractivity contribution < 1.29 is 14.3 Å². The van der Waals surface area contributed by atoms with Gasteiger partial charge in [-0.2, -0.15) is 0 Å². The summed E-state index contributed by atoms with van der Waals surface area (Å²) in [7, 11) is 0. The molecule has 6 nitrogen and oxygen atoms in total. The van der Waals surface area contributed by atoms with Crippen LogP contribution in [-0.4, -0.2) is 24.1 Å². The maximum absolute atomic E-state index is 12.3. The zero-order chi connectivity index (χ0) is 22.1. The number of nitrogens with one attached hydrogen (secondary N) is 2. The van der Waals surface area contributed by atoms with Crippen molar-refractivity contribution in [1.82, 2.24) is 10.3 Å². The van der Waals surface area contributed by atoms with E-state index in [2.05, 4.69) is 15.6 Å². The molecule has 0 radical (unpaired) electrons. The SMILES string of the molecule is CCOc1cc(CNCc2cccnc2)cc(Cl)c1OCC(=O)Nc1ccc(C)cc1. The summed E-state index contributed by atoms with van der Waals surface area (Å²) in [5, 5.41) is 6.55. The lowest BCUT2D eigenvalue weighted by molar-refractivity contribution is -0.118. The van der Waals surface area contributed by atoms with Crippen LogP contribution in [0.15, 0.2) is 60.9 Å². The molecule has 31 heavy (non-hydrogen) atoms. The Hall–Kier alpha value is -3.09. The number of carbonyl (C=O) groups is 1. The van der Waals surface area contributed by atoms with E-state index in [9.17, 15) is 4.79 Å². The van der Waals surface area contributed by atoms with Crippen molar-refractivity contribution in [3.63, 3.8) is 0 Å². The zero-order valence-corrected chi connectivity index (χ0v) is 18.4. The van der Waals surface area contributed by atoms with Gasteiger partial charge in [-0.25, -0.2) is 0 Å². The van der Waals surface area contributed by atoms with E-state index in [4.69, 9.17) is 21.1 Å². The second kappa shape index (κ2) is 11.3. The van der Waals surface area contributed by atoms with Gasteiger partial charge in [0.05, 0.1) is 11.6 Å². The van der Waals surface area contributed by atoms with Crippen molar-refractivity contribution in [2.45, 2.75) is 26.9 Å². The Balaban J connectivity index is 1.61. The Labute approximate surface area is 187 Å². The molecule has 7 heteroatoms. The number of ether oxygens (including phenoxy) is 2. The lowest BCUT2D eigenvalue weighted by atomic mass is 10.2. The molecule has 162 valence electrons. The van der Waals surface area contributed by atoms with Gasteiger partial charge in [-0.15, -0.1) is 0 Å². The molecule has 0 aliphatic carbocycles. The molecule has 0 spiro atoms. The summed E-state index contributed by atoms with van der Waals surface area (Å²) in [6.45, 7) is 5.44. The normalized spacial score (nSPS) is 10.5. The summed E-state index contributed by atoms with van der Waals surface area (Å²) in [6, 6.07) is 15.2. The summed E-state index contributed by atoms with van der Waals surface area (Å²) >= 11 is 6.45. The van der Waals surface area contributed by atoms with E-state index in [0.29, 0.717) is 41.9 Å². The van der Waals surface area contributed by atoms with Crippen LogP contribution < -0.4 is 20.1 Å². The predicted octanol–water partition coefficient (Wildman–Crippen LogP) is 4.75. The number of benzene rings is 2. The number of hydrogen-bond acceptors (Lipinski definition) is 5. The third-order valence-electron chi connectivity index (χ3n) is 4.43. The Kier molecular flexibility index (Phi) is 8.27. The van der Waals surface area contributed by atoms with Crippen LogP contribution in [0.1, 0.15) is 23.6 Å². The third-order valence-corrected chi connectivity index (χ3v) is 4.71. The number of aryl methyl sites for hydroxylation is 1. The van der Waals surface area contributed by atoms with Gasteiger partial charge in [0.1, 0.15) is 0 Å². The molecule has 2 aromatic carbocycles. The molecule has 1 aromatic heterocycles. The molecule has 0 saturated carbocycles. The highest BCUT2D eigenvalue weighted by atomic mass is 35.5. The number of hydrogen-bond donors (Lipinski definition) is 2. The van der Waals surface area contributed by atoms with Crippen molar-refractivity contribution in [2.75, 3.05) is 18.5 Å². The van der Waals surface area contributed by atoms with Crippen molar-refractivity contribution >= 4 is 23.2 Å². The van der Waals surface area contributed by atoms with Crippen LogP contribution in [0, 0.1) is 6.92 Å². The first-order chi connectivity index (χ1) is 15.0. The van der Waals surface area contributed by atoms with Gasteiger partial charge >= 0.3 is 0 Å². The zero-order valence-electron chi connectivity index (χ0n) is 17.7. The largest absolute Gasteiger partial charge is 0.490 e. The molecule has 1 heterocycles. The highest BCUT2D eigenvalue weighted by molar-refractivity contribution is 6.32. The fourth-order valence-electron chi connectivity index (χ4n) is 2.95. The molecule has 1 amide bonds. The Morgan fingerprint density at radius 3 is 2.55 bits per heavy atom. The summed E-state index contributed by atoms with van der Waals surface area (Å²) in [5.41, 5.74) is 3.88. The summed E-state index contributed by atoms with van der Waals surface area (Å²) in [6.07, 6.45) is 3.57.